The fourth-order valence-corrected chi connectivity index (χ4v) is 3.85. The monoisotopic (exact) mass is 436 g/mol. The van der Waals surface area contributed by atoms with E-state index in [0.717, 1.165) is 12.1 Å². The SMILES string of the molecule is Cc1cc(-c2cnn3c2C(=O)N(c2ccc(C(F)(F)F)c(Cl)c2)C[C@@H]3C)cc[n+]1[O-]. The molecule has 0 fully saturated rings. The van der Waals surface area contributed by atoms with Gasteiger partial charge in [0, 0.05) is 36.9 Å². The lowest BCUT2D eigenvalue weighted by Gasteiger charge is -2.32. The summed E-state index contributed by atoms with van der Waals surface area (Å²) in [6, 6.07) is 6.27. The summed E-state index contributed by atoms with van der Waals surface area (Å²) in [7, 11) is 0. The number of nitrogens with zero attached hydrogens (tertiary/aromatic N) is 4. The summed E-state index contributed by atoms with van der Waals surface area (Å²) in [4.78, 5) is 14.7. The van der Waals surface area contributed by atoms with Crippen LogP contribution in [0.4, 0.5) is 18.9 Å². The number of fused-ring (bicyclic) bond motifs is 1. The van der Waals surface area contributed by atoms with Crippen molar-refractivity contribution in [3.8, 4) is 11.1 Å². The van der Waals surface area contributed by atoms with Crippen LogP contribution in [-0.2, 0) is 6.18 Å². The van der Waals surface area contributed by atoms with E-state index in [1.54, 1.807) is 29.9 Å². The summed E-state index contributed by atoms with van der Waals surface area (Å²) < 4.78 is 41.4. The van der Waals surface area contributed by atoms with Crippen LogP contribution in [-0.4, -0.2) is 22.2 Å². The summed E-state index contributed by atoms with van der Waals surface area (Å²) in [6.45, 7) is 3.73. The molecule has 1 atom stereocenters. The number of aryl methyl sites for hydroxylation is 1. The molecule has 3 heterocycles. The van der Waals surface area contributed by atoms with E-state index in [9.17, 15) is 23.2 Å². The van der Waals surface area contributed by atoms with E-state index >= 15 is 0 Å². The van der Waals surface area contributed by atoms with E-state index in [1.807, 2.05) is 6.92 Å². The van der Waals surface area contributed by atoms with Gasteiger partial charge in [-0.15, -0.1) is 0 Å². The minimum absolute atomic E-state index is 0.221. The van der Waals surface area contributed by atoms with E-state index in [1.165, 1.54) is 17.2 Å². The average Bonchev–Trinajstić information content (AvgIpc) is 3.12. The average molecular weight is 437 g/mol. The summed E-state index contributed by atoms with van der Waals surface area (Å²) in [6.07, 6.45) is -1.68. The van der Waals surface area contributed by atoms with Gasteiger partial charge in [0.1, 0.15) is 5.69 Å². The lowest BCUT2D eigenvalue weighted by Crippen LogP contribution is -2.42. The molecule has 2 aromatic heterocycles. The Kier molecular flexibility index (Phi) is 4.73. The summed E-state index contributed by atoms with van der Waals surface area (Å²) >= 11 is 5.85. The molecular formula is C20H16ClF3N4O2. The maximum Gasteiger partial charge on any atom is 0.417 e. The smallest absolute Gasteiger partial charge is 0.417 e. The zero-order valence-corrected chi connectivity index (χ0v) is 16.7. The van der Waals surface area contributed by atoms with Gasteiger partial charge < -0.3 is 10.1 Å². The van der Waals surface area contributed by atoms with Gasteiger partial charge in [0.05, 0.1) is 22.8 Å². The van der Waals surface area contributed by atoms with Crippen LogP contribution >= 0.6 is 11.6 Å². The van der Waals surface area contributed by atoms with Crippen molar-refractivity contribution in [2.45, 2.75) is 26.1 Å². The standard InChI is InChI=1S/C20H16ClF3N4O2/c1-11-7-13(5-6-27(11)30)15-9-25-28-12(2)10-26(19(29)18(15)28)14-3-4-16(17(21)8-14)20(22,23)24/h3-9,12H,10H2,1-2H3/t12-/m0/s1. The highest BCUT2D eigenvalue weighted by atomic mass is 35.5. The molecule has 0 radical (unpaired) electrons. The number of carbonyl (C=O) groups is 1. The van der Waals surface area contributed by atoms with Crippen LogP contribution in [0, 0.1) is 12.1 Å². The molecule has 0 spiro atoms. The predicted octanol–water partition coefficient (Wildman–Crippen LogP) is 4.39. The Labute approximate surface area is 174 Å². The van der Waals surface area contributed by atoms with Gasteiger partial charge in [-0.1, -0.05) is 11.6 Å². The number of benzene rings is 1. The van der Waals surface area contributed by atoms with Crippen molar-refractivity contribution in [3.63, 3.8) is 0 Å². The highest BCUT2D eigenvalue weighted by molar-refractivity contribution is 6.31. The predicted molar refractivity (Wildman–Crippen MR) is 104 cm³/mol. The Morgan fingerprint density at radius 2 is 2.00 bits per heavy atom. The fraction of sp³-hybridized carbons (Fsp3) is 0.250. The van der Waals surface area contributed by atoms with Gasteiger partial charge in [-0.25, -0.2) is 0 Å². The van der Waals surface area contributed by atoms with Crippen LogP contribution in [0.25, 0.3) is 11.1 Å². The van der Waals surface area contributed by atoms with Gasteiger partial charge in [0.15, 0.2) is 11.9 Å². The van der Waals surface area contributed by atoms with Crippen LogP contribution in [0.3, 0.4) is 0 Å². The van der Waals surface area contributed by atoms with E-state index < -0.39 is 22.7 Å². The zero-order chi connectivity index (χ0) is 21.8. The van der Waals surface area contributed by atoms with Crippen molar-refractivity contribution in [1.82, 2.24) is 9.78 Å². The van der Waals surface area contributed by atoms with E-state index in [0.29, 0.717) is 27.2 Å². The van der Waals surface area contributed by atoms with Crippen molar-refractivity contribution in [3.05, 3.63) is 69.9 Å². The third kappa shape index (κ3) is 3.28. The topological polar surface area (TPSA) is 65.1 Å². The molecule has 10 heteroatoms. The molecule has 1 aliphatic rings. The molecule has 0 aliphatic carbocycles. The quantitative estimate of drug-likeness (QED) is 0.442. The highest BCUT2D eigenvalue weighted by Gasteiger charge is 2.36. The molecule has 4 rings (SSSR count). The largest absolute Gasteiger partial charge is 0.619 e. The molecule has 1 aliphatic heterocycles. The van der Waals surface area contributed by atoms with Crippen LogP contribution < -0.4 is 9.63 Å². The van der Waals surface area contributed by atoms with Gasteiger partial charge in [-0.05, 0) is 30.7 Å². The number of alkyl halides is 3. The first-order chi connectivity index (χ1) is 14.1. The summed E-state index contributed by atoms with van der Waals surface area (Å²) in [5.74, 6) is -0.409. The molecule has 0 N–H and O–H groups in total. The molecule has 30 heavy (non-hydrogen) atoms. The lowest BCUT2D eigenvalue weighted by atomic mass is 10.0. The Bertz CT molecular complexity index is 1160. The van der Waals surface area contributed by atoms with Crippen LogP contribution in [0.2, 0.25) is 5.02 Å². The van der Waals surface area contributed by atoms with Gasteiger partial charge >= 0.3 is 6.18 Å². The Balaban J connectivity index is 1.77. The first-order valence-electron chi connectivity index (χ1n) is 9.04. The van der Waals surface area contributed by atoms with Crippen molar-refractivity contribution in [2.24, 2.45) is 0 Å². The molecule has 0 bridgehead atoms. The van der Waals surface area contributed by atoms with Crippen molar-refractivity contribution in [1.29, 1.82) is 0 Å². The fourth-order valence-electron chi connectivity index (χ4n) is 3.57. The number of anilines is 1. The summed E-state index contributed by atoms with van der Waals surface area (Å²) in [5, 5.41) is 15.5. The second-order valence-corrected chi connectivity index (χ2v) is 7.57. The number of aromatic nitrogens is 3. The number of halogens is 4. The first-order valence-corrected chi connectivity index (χ1v) is 9.42. The third-order valence-electron chi connectivity index (χ3n) is 5.09. The summed E-state index contributed by atoms with van der Waals surface area (Å²) in [5.41, 5.74) is 1.25. The molecule has 1 aromatic carbocycles. The second-order valence-electron chi connectivity index (χ2n) is 7.16. The highest BCUT2D eigenvalue weighted by Crippen LogP contribution is 2.38. The molecule has 6 nitrogen and oxygen atoms in total. The van der Waals surface area contributed by atoms with Crippen LogP contribution in [0.1, 0.15) is 34.7 Å². The minimum Gasteiger partial charge on any atom is -0.619 e. The molecule has 0 saturated carbocycles. The molecule has 0 unspecified atom stereocenters. The van der Waals surface area contributed by atoms with Crippen molar-refractivity contribution in [2.75, 3.05) is 11.4 Å². The number of amides is 1. The number of carbonyl (C=O) groups excluding carboxylic acids is 1. The number of hydrogen-bond acceptors (Lipinski definition) is 3. The van der Waals surface area contributed by atoms with E-state index in [2.05, 4.69) is 5.10 Å². The Hall–Kier alpha value is -3.07. The maximum absolute atomic E-state index is 13.3. The van der Waals surface area contributed by atoms with Crippen molar-refractivity contribution < 1.29 is 22.7 Å². The normalized spacial score (nSPS) is 16.7. The molecule has 1 amide bonds. The molecule has 3 aromatic rings. The van der Waals surface area contributed by atoms with Gasteiger partial charge in [-0.3, -0.25) is 9.48 Å². The Morgan fingerprint density at radius 3 is 2.63 bits per heavy atom. The zero-order valence-electron chi connectivity index (χ0n) is 15.9. The number of pyridine rings is 1. The van der Waals surface area contributed by atoms with Crippen LogP contribution in [0.5, 0.6) is 0 Å². The second kappa shape index (κ2) is 7.02. The van der Waals surface area contributed by atoms with E-state index in [4.69, 9.17) is 11.6 Å². The maximum atomic E-state index is 13.3. The molecular weight excluding hydrogens is 421 g/mol. The van der Waals surface area contributed by atoms with Gasteiger partial charge in [-0.2, -0.15) is 23.0 Å². The van der Waals surface area contributed by atoms with Crippen molar-refractivity contribution >= 4 is 23.2 Å². The Morgan fingerprint density at radius 1 is 1.27 bits per heavy atom. The minimum atomic E-state index is -4.58. The first kappa shape index (κ1) is 20.2. The van der Waals surface area contributed by atoms with Gasteiger partial charge in [0.2, 0.25) is 0 Å². The van der Waals surface area contributed by atoms with Gasteiger partial charge in [0.25, 0.3) is 5.91 Å². The van der Waals surface area contributed by atoms with E-state index in [-0.39, 0.29) is 18.3 Å². The molecule has 0 saturated heterocycles. The third-order valence-corrected chi connectivity index (χ3v) is 5.40. The molecule has 156 valence electrons. The number of rotatable bonds is 2. The number of hydrogen-bond donors (Lipinski definition) is 0. The van der Waals surface area contributed by atoms with Crippen LogP contribution in [0.15, 0.2) is 42.7 Å². The lowest BCUT2D eigenvalue weighted by molar-refractivity contribution is -0.612.